The highest BCUT2D eigenvalue weighted by molar-refractivity contribution is 6.21. The molecule has 0 aromatic heterocycles. The molecule has 9 heteroatoms. The van der Waals surface area contributed by atoms with Crippen LogP contribution in [0, 0.1) is 0 Å². The van der Waals surface area contributed by atoms with E-state index in [4.69, 9.17) is 9.47 Å². The Bertz CT molecular complexity index is 970. The number of benzene rings is 2. The number of hydrazone groups is 1. The molecule has 2 aromatic rings. The molecule has 0 unspecified atom stereocenters. The molecule has 0 N–H and O–H groups in total. The Kier molecular flexibility index (Phi) is 7.10. The first-order valence-corrected chi connectivity index (χ1v) is 9.62. The van der Waals surface area contributed by atoms with Gasteiger partial charge in [0.25, 0.3) is 11.8 Å². The second-order valence-electron chi connectivity index (χ2n) is 6.49. The van der Waals surface area contributed by atoms with Gasteiger partial charge in [0.05, 0.1) is 24.3 Å². The summed E-state index contributed by atoms with van der Waals surface area (Å²) in [4.78, 5) is 50.1. The Labute approximate surface area is 178 Å². The highest BCUT2D eigenvalue weighted by Crippen LogP contribution is 2.22. The van der Waals surface area contributed by atoms with Crippen molar-refractivity contribution in [3.8, 4) is 0 Å². The quantitative estimate of drug-likeness (QED) is 0.367. The maximum atomic E-state index is 12.5. The third-order valence-corrected chi connectivity index (χ3v) is 4.36. The predicted molar refractivity (Wildman–Crippen MR) is 110 cm³/mol. The predicted octanol–water partition coefficient (Wildman–Crippen LogP) is 2.47. The summed E-state index contributed by atoms with van der Waals surface area (Å²) < 4.78 is 10.1. The molecule has 1 heterocycles. The molecular weight excluding hydrogens is 402 g/mol. The van der Waals surface area contributed by atoms with Crippen LogP contribution < -0.4 is 0 Å². The van der Waals surface area contributed by atoms with Crippen LogP contribution in [-0.2, 0) is 20.9 Å². The fourth-order valence-electron chi connectivity index (χ4n) is 2.87. The van der Waals surface area contributed by atoms with Gasteiger partial charge in [-0.15, -0.1) is 0 Å². The van der Waals surface area contributed by atoms with Gasteiger partial charge >= 0.3 is 12.1 Å². The smallest absolute Gasteiger partial charge is 0.410 e. The van der Waals surface area contributed by atoms with Crippen LogP contribution in [0.4, 0.5) is 4.79 Å². The number of imide groups is 1. The van der Waals surface area contributed by atoms with Crippen molar-refractivity contribution in [2.24, 2.45) is 5.10 Å². The van der Waals surface area contributed by atoms with E-state index in [-0.39, 0.29) is 37.4 Å². The molecule has 1 aliphatic rings. The minimum atomic E-state index is -0.759. The Balaban J connectivity index is 1.65. The van der Waals surface area contributed by atoms with E-state index in [1.165, 1.54) is 6.21 Å². The number of amides is 3. The number of rotatable bonds is 8. The normalized spacial score (nSPS) is 12.7. The lowest BCUT2D eigenvalue weighted by molar-refractivity contribution is -0.143. The van der Waals surface area contributed by atoms with Gasteiger partial charge in [-0.25, -0.2) is 4.79 Å². The molecule has 3 amide bonds. The standard InChI is InChI=1S/C22H21N3O6/c1-2-30-19(26)14-24(22(29)31-15-16-8-4-3-5-9-16)13-12-23-25-20(27)17-10-6-7-11-18(17)21(25)28/h3-12H,2,13-15H2,1H3. The average molecular weight is 423 g/mol. The first-order chi connectivity index (χ1) is 15.0. The monoisotopic (exact) mass is 423 g/mol. The molecule has 0 aliphatic carbocycles. The van der Waals surface area contributed by atoms with Crippen molar-refractivity contribution in [2.75, 3.05) is 19.7 Å². The van der Waals surface area contributed by atoms with Gasteiger partial charge in [-0.3, -0.25) is 19.3 Å². The summed E-state index contributed by atoms with van der Waals surface area (Å²) >= 11 is 0. The van der Waals surface area contributed by atoms with Crippen LogP contribution in [0.15, 0.2) is 59.7 Å². The zero-order valence-electron chi connectivity index (χ0n) is 16.9. The largest absolute Gasteiger partial charge is 0.465 e. The Morgan fingerprint density at radius 2 is 1.58 bits per heavy atom. The maximum Gasteiger partial charge on any atom is 0.410 e. The summed E-state index contributed by atoms with van der Waals surface area (Å²) in [6.07, 6.45) is 0.440. The highest BCUT2D eigenvalue weighted by atomic mass is 16.6. The van der Waals surface area contributed by atoms with E-state index in [0.717, 1.165) is 15.5 Å². The van der Waals surface area contributed by atoms with E-state index in [1.807, 2.05) is 18.2 Å². The van der Waals surface area contributed by atoms with E-state index in [2.05, 4.69) is 5.10 Å². The summed E-state index contributed by atoms with van der Waals surface area (Å²) in [6.45, 7) is 1.30. The SMILES string of the molecule is CCOC(=O)CN(CC=NN1C(=O)c2ccccc2C1=O)C(=O)OCc1ccccc1. The number of nitrogens with zero attached hydrogens (tertiary/aromatic N) is 3. The molecule has 9 nitrogen and oxygen atoms in total. The maximum absolute atomic E-state index is 12.5. The number of ether oxygens (including phenoxy) is 2. The summed E-state index contributed by atoms with van der Waals surface area (Å²) in [7, 11) is 0. The molecule has 0 saturated heterocycles. The molecule has 1 aliphatic heterocycles. The molecule has 2 aromatic carbocycles. The molecule has 0 saturated carbocycles. The van der Waals surface area contributed by atoms with Crippen LogP contribution >= 0.6 is 0 Å². The second kappa shape index (κ2) is 10.1. The second-order valence-corrected chi connectivity index (χ2v) is 6.49. The third kappa shape index (κ3) is 5.33. The lowest BCUT2D eigenvalue weighted by atomic mass is 10.1. The lowest BCUT2D eigenvalue weighted by Crippen LogP contribution is -2.38. The number of esters is 1. The van der Waals surface area contributed by atoms with Crippen molar-refractivity contribution in [3.05, 3.63) is 71.3 Å². The summed E-state index contributed by atoms with van der Waals surface area (Å²) in [6, 6.07) is 15.5. The van der Waals surface area contributed by atoms with E-state index in [0.29, 0.717) is 0 Å². The van der Waals surface area contributed by atoms with E-state index in [1.54, 1.807) is 43.3 Å². The first kappa shape index (κ1) is 21.7. The minimum absolute atomic E-state index is 0.0224. The van der Waals surface area contributed by atoms with Crippen molar-refractivity contribution in [1.82, 2.24) is 9.91 Å². The fraction of sp³-hybridized carbons (Fsp3) is 0.227. The van der Waals surface area contributed by atoms with Crippen molar-refractivity contribution in [1.29, 1.82) is 0 Å². The minimum Gasteiger partial charge on any atom is -0.465 e. The zero-order chi connectivity index (χ0) is 22.2. The van der Waals surface area contributed by atoms with Gasteiger partial charge in [0, 0.05) is 6.21 Å². The van der Waals surface area contributed by atoms with Crippen molar-refractivity contribution in [2.45, 2.75) is 13.5 Å². The molecule has 0 bridgehead atoms. The number of carbonyl (C=O) groups is 4. The van der Waals surface area contributed by atoms with Gasteiger partial charge in [0.1, 0.15) is 13.2 Å². The van der Waals surface area contributed by atoms with E-state index >= 15 is 0 Å². The van der Waals surface area contributed by atoms with Crippen molar-refractivity contribution >= 4 is 30.1 Å². The Morgan fingerprint density at radius 1 is 0.968 bits per heavy atom. The summed E-state index contributed by atoms with van der Waals surface area (Å²) in [5, 5.41) is 4.63. The number of hydrogen-bond donors (Lipinski definition) is 0. The third-order valence-electron chi connectivity index (χ3n) is 4.36. The molecule has 160 valence electrons. The number of fused-ring (bicyclic) bond motifs is 1. The van der Waals surface area contributed by atoms with Crippen LogP contribution in [0.25, 0.3) is 0 Å². The summed E-state index contributed by atoms with van der Waals surface area (Å²) in [5.74, 6) is -1.73. The highest BCUT2D eigenvalue weighted by Gasteiger charge is 2.35. The summed E-state index contributed by atoms with van der Waals surface area (Å²) in [5.41, 5.74) is 1.30. The fourth-order valence-corrected chi connectivity index (χ4v) is 2.87. The molecule has 0 atom stereocenters. The van der Waals surface area contributed by atoms with Crippen LogP contribution in [0.1, 0.15) is 33.2 Å². The van der Waals surface area contributed by atoms with E-state index < -0.39 is 23.9 Å². The molecule has 3 rings (SSSR count). The topological polar surface area (TPSA) is 106 Å². The molecule has 0 fully saturated rings. The Morgan fingerprint density at radius 3 is 2.19 bits per heavy atom. The van der Waals surface area contributed by atoms with Gasteiger partial charge in [-0.2, -0.15) is 10.1 Å². The zero-order valence-corrected chi connectivity index (χ0v) is 16.9. The molecule has 0 radical (unpaired) electrons. The van der Waals surface area contributed by atoms with Crippen LogP contribution in [0.5, 0.6) is 0 Å². The van der Waals surface area contributed by atoms with Crippen molar-refractivity contribution in [3.63, 3.8) is 0 Å². The van der Waals surface area contributed by atoms with Crippen LogP contribution in [0.3, 0.4) is 0 Å². The lowest BCUT2D eigenvalue weighted by Gasteiger charge is -2.19. The van der Waals surface area contributed by atoms with Gasteiger partial charge in [0.2, 0.25) is 0 Å². The molecule has 0 spiro atoms. The molecule has 31 heavy (non-hydrogen) atoms. The average Bonchev–Trinajstić information content (AvgIpc) is 3.02. The van der Waals surface area contributed by atoms with Crippen LogP contribution in [0.2, 0.25) is 0 Å². The van der Waals surface area contributed by atoms with Gasteiger partial charge in [0.15, 0.2) is 0 Å². The number of hydrogen-bond acceptors (Lipinski definition) is 7. The van der Waals surface area contributed by atoms with Crippen LogP contribution in [-0.4, -0.2) is 59.7 Å². The molecular formula is C22H21N3O6. The van der Waals surface area contributed by atoms with Gasteiger partial charge in [-0.05, 0) is 24.6 Å². The van der Waals surface area contributed by atoms with Gasteiger partial charge < -0.3 is 9.47 Å². The number of carbonyl (C=O) groups excluding carboxylic acids is 4. The first-order valence-electron chi connectivity index (χ1n) is 9.62. The van der Waals surface area contributed by atoms with Gasteiger partial charge in [-0.1, -0.05) is 42.5 Å². The van der Waals surface area contributed by atoms with Crippen molar-refractivity contribution < 1.29 is 28.7 Å². The van der Waals surface area contributed by atoms with E-state index in [9.17, 15) is 19.2 Å². The Hall–Kier alpha value is -4.01.